The van der Waals surface area contributed by atoms with E-state index in [1.54, 1.807) is 23.0 Å². The van der Waals surface area contributed by atoms with Crippen LogP contribution in [0.3, 0.4) is 0 Å². The van der Waals surface area contributed by atoms with Crippen LogP contribution < -0.4 is 9.64 Å². The maximum absolute atomic E-state index is 14.2. The van der Waals surface area contributed by atoms with Crippen LogP contribution in [0, 0.1) is 11.8 Å². The lowest BCUT2D eigenvalue weighted by atomic mass is 9.82. The molecule has 0 bridgehead atoms. The number of hydrogen-bond donors (Lipinski definition) is 1. The van der Waals surface area contributed by atoms with Gasteiger partial charge in [0.1, 0.15) is 17.1 Å². The van der Waals surface area contributed by atoms with Crippen LogP contribution in [-0.2, 0) is 17.5 Å². The number of carboxylic acid groups (broad SMARTS) is 1. The Morgan fingerprint density at radius 3 is 2.49 bits per heavy atom. The van der Waals surface area contributed by atoms with E-state index in [-0.39, 0.29) is 41.4 Å². The largest absolute Gasteiger partial charge is 0.478 e. The van der Waals surface area contributed by atoms with Crippen LogP contribution in [0.15, 0.2) is 67.0 Å². The van der Waals surface area contributed by atoms with Gasteiger partial charge in [0.2, 0.25) is 5.91 Å². The number of ether oxygens (including phenoxy) is 1. The summed E-state index contributed by atoms with van der Waals surface area (Å²) in [7, 11) is 0. The van der Waals surface area contributed by atoms with E-state index >= 15 is 0 Å². The van der Waals surface area contributed by atoms with Crippen molar-refractivity contribution < 1.29 is 32.6 Å². The van der Waals surface area contributed by atoms with Gasteiger partial charge in [0.05, 0.1) is 16.8 Å². The number of anilines is 1. The third kappa shape index (κ3) is 6.53. The van der Waals surface area contributed by atoms with Crippen molar-refractivity contribution in [1.29, 1.82) is 0 Å². The number of nitrogens with zero attached hydrogens (tertiary/aromatic N) is 3. The normalized spacial score (nSPS) is 17.3. The van der Waals surface area contributed by atoms with Gasteiger partial charge in [-0.05, 0) is 99.5 Å². The quantitative estimate of drug-likeness (QED) is 0.223. The standard InChI is InChI=1S/C33H34F3N3O4/c1-20(2)39(31(40)24-9-6-21(3)7-10-24)28-12-11-25(18-26(28)32(41)42)43-29-13-8-22(17-27(29)33(34,35)36)19-38-16-14-23-5-4-15-37-30(23)38/h4-5,8,11-18,20-21,24H,6-7,9-10,19H2,1-3H3,(H,41,42)/t21-,24-. The number of fused-ring (bicyclic) bond motifs is 1. The predicted molar refractivity (Wildman–Crippen MR) is 157 cm³/mol. The molecule has 226 valence electrons. The van der Waals surface area contributed by atoms with E-state index in [1.165, 1.54) is 35.2 Å². The van der Waals surface area contributed by atoms with Gasteiger partial charge in [0, 0.05) is 36.3 Å². The molecular formula is C33H34F3N3O4. The molecule has 2 heterocycles. The van der Waals surface area contributed by atoms with Crippen molar-refractivity contribution in [3.05, 3.63) is 83.7 Å². The molecule has 1 amide bonds. The van der Waals surface area contributed by atoms with Gasteiger partial charge in [-0.2, -0.15) is 13.2 Å². The molecule has 0 radical (unpaired) electrons. The van der Waals surface area contributed by atoms with Gasteiger partial charge in [-0.25, -0.2) is 9.78 Å². The fourth-order valence-corrected chi connectivity index (χ4v) is 5.77. The Kier molecular flexibility index (Phi) is 8.48. The summed E-state index contributed by atoms with van der Waals surface area (Å²) in [5, 5.41) is 10.9. The maximum Gasteiger partial charge on any atom is 0.419 e. The number of benzene rings is 2. The summed E-state index contributed by atoms with van der Waals surface area (Å²) in [6, 6.07) is 13.0. The Balaban J connectivity index is 1.44. The number of carbonyl (C=O) groups is 2. The van der Waals surface area contributed by atoms with Gasteiger partial charge in [-0.1, -0.05) is 13.0 Å². The molecule has 0 spiro atoms. The van der Waals surface area contributed by atoms with E-state index in [2.05, 4.69) is 11.9 Å². The molecule has 10 heteroatoms. The van der Waals surface area contributed by atoms with Crippen molar-refractivity contribution in [2.75, 3.05) is 4.90 Å². The molecule has 7 nitrogen and oxygen atoms in total. The Morgan fingerprint density at radius 1 is 1.07 bits per heavy atom. The van der Waals surface area contributed by atoms with Gasteiger partial charge in [0.25, 0.3) is 0 Å². The molecule has 2 aromatic carbocycles. The van der Waals surface area contributed by atoms with Crippen molar-refractivity contribution in [2.24, 2.45) is 11.8 Å². The smallest absolute Gasteiger partial charge is 0.419 e. The molecule has 1 aliphatic rings. The van der Waals surface area contributed by atoms with E-state index in [1.807, 2.05) is 26.0 Å². The molecule has 1 saturated carbocycles. The number of hydrogen-bond acceptors (Lipinski definition) is 4. The molecule has 43 heavy (non-hydrogen) atoms. The molecular weight excluding hydrogens is 559 g/mol. The van der Waals surface area contributed by atoms with Gasteiger partial charge in [-0.3, -0.25) is 4.79 Å². The first kappa shape index (κ1) is 30.1. The molecule has 0 aliphatic heterocycles. The second kappa shape index (κ2) is 12.1. The minimum Gasteiger partial charge on any atom is -0.478 e. The number of aromatic carboxylic acids is 1. The van der Waals surface area contributed by atoms with Crippen LogP contribution in [0.4, 0.5) is 18.9 Å². The molecule has 1 aliphatic carbocycles. The highest BCUT2D eigenvalue weighted by Crippen LogP contribution is 2.40. The lowest BCUT2D eigenvalue weighted by Crippen LogP contribution is -2.42. The topological polar surface area (TPSA) is 84.7 Å². The van der Waals surface area contributed by atoms with Gasteiger partial charge in [-0.15, -0.1) is 0 Å². The number of carboxylic acids is 1. The first-order valence-corrected chi connectivity index (χ1v) is 14.4. The van der Waals surface area contributed by atoms with Crippen molar-refractivity contribution in [1.82, 2.24) is 9.55 Å². The average Bonchev–Trinajstić information content (AvgIpc) is 3.36. The minimum atomic E-state index is -4.73. The Morgan fingerprint density at radius 2 is 1.81 bits per heavy atom. The second-order valence-corrected chi connectivity index (χ2v) is 11.5. The van der Waals surface area contributed by atoms with E-state index < -0.39 is 23.5 Å². The van der Waals surface area contributed by atoms with Crippen LogP contribution in [-0.4, -0.2) is 32.6 Å². The van der Waals surface area contributed by atoms with Crippen LogP contribution in [0.1, 0.15) is 67.9 Å². The SMILES string of the molecule is CC(C)N(c1ccc(Oc2ccc(Cn3ccc4cccnc43)cc2C(F)(F)F)cc1C(=O)O)C(=O)[C@H]1CC[C@H](C)CC1. The second-order valence-electron chi connectivity index (χ2n) is 11.5. The highest BCUT2D eigenvalue weighted by molar-refractivity contribution is 6.03. The molecule has 0 saturated heterocycles. The van der Waals surface area contributed by atoms with Crippen molar-refractivity contribution in [2.45, 2.75) is 65.2 Å². The summed E-state index contributed by atoms with van der Waals surface area (Å²) in [5.41, 5.74) is 0.0384. The lowest BCUT2D eigenvalue weighted by Gasteiger charge is -2.34. The predicted octanol–water partition coefficient (Wildman–Crippen LogP) is 8.16. The van der Waals surface area contributed by atoms with E-state index in [0.29, 0.717) is 17.1 Å². The Labute approximate surface area is 247 Å². The van der Waals surface area contributed by atoms with E-state index in [9.17, 15) is 27.9 Å². The van der Waals surface area contributed by atoms with Crippen molar-refractivity contribution in [3.8, 4) is 11.5 Å². The van der Waals surface area contributed by atoms with Crippen LogP contribution in [0.5, 0.6) is 11.5 Å². The number of amides is 1. The number of rotatable bonds is 8. The lowest BCUT2D eigenvalue weighted by molar-refractivity contribution is -0.138. The first-order chi connectivity index (χ1) is 20.4. The maximum atomic E-state index is 14.2. The van der Waals surface area contributed by atoms with Crippen LogP contribution >= 0.6 is 0 Å². The fraction of sp³-hybridized carbons (Fsp3) is 0.364. The summed E-state index contributed by atoms with van der Waals surface area (Å²) in [6.07, 6.45) is 2.00. The highest BCUT2D eigenvalue weighted by Gasteiger charge is 2.36. The van der Waals surface area contributed by atoms with E-state index in [0.717, 1.165) is 37.1 Å². The summed E-state index contributed by atoms with van der Waals surface area (Å²) >= 11 is 0. The van der Waals surface area contributed by atoms with Gasteiger partial charge in [0.15, 0.2) is 0 Å². The summed E-state index contributed by atoms with van der Waals surface area (Å²) in [5.74, 6) is -1.64. The number of aromatic nitrogens is 2. The monoisotopic (exact) mass is 593 g/mol. The molecule has 0 atom stereocenters. The number of carbonyl (C=O) groups excluding carboxylic acids is 1. The van der Waals surface area contributed by atoms with Crippen molar-refractivity contribution in [3.63, 3.8) is 0 Å². The zero-order valence-corrected chi connectivity index (χ0v) is 24.3. The summed E-state index contributed by atoms with van der Waals surface area (Å²) in [6.45, 7) is 5.94. The summed E-state index contributed by atoms with van der Waals surface area (Å²) < 4.78 is 50.0. The zero-order valence-electron chi connectivity index (χ0n) is 24.3. The molecule has 2 aromatic heterocycles. The third-order valence-electron chi connectivity index (χ3n) is 8.03. The average molecular weight is 594 g/mol. The number of alkyl halides is 3. The molecule has 4 aromatic rings. The third-order valence-corrected chi connectivity index (χ3v) is 8.03. The molecule has 5 rings (SSSR count). The van der Waals surface area contributed by atoms with Crippen LogP contribution in [0.25, 0.3) is 11.0 Å². The van der Waals surface area contributed by atoms with Crippen LogP contribution in [0.2, 0.25) is 0 Å². The first-order valence-electron chi connectivity index (χ1n) is 14.4. The number of pyridine rings is 1. The molecule has 0 unspecified atom stereocenters. The Bertz CT molecular complexity index is 1640. The molecule has 1 fully saturated rings. The van der Waals surface area contributed by atoms with E-state index in [4.69, 9.17) is 4.74 Å². The molecule has 1 N–H and O–H groups in total. The fourth-order valence-electron chi connectivity index (χ4n) is 5.77. The zero-order chi connectivity index (χ0) is 30.9. The summed E-state index contributed by atoms with van der Waals surface area (Å²) in [4.78, 5) is 31.7. The minimum absolute atomic E-state index is 0.0809. The van der Waals surface area contributed by atoms with Crippen molar-refractivity contribution >= 4 is 28.6 Å². The Hall–Kier alpha value is -4.34. The highest BCUT2D eigenvalue weighted by atomic mass is 19.4. The van der Waals surface area contributed by atoms with Gasteiger partial charge >= 0.3 is 12.1 Å². The van der Waals surface area contributed by atoms with Gasteiger partial charge < -0.3 is 19.3 Å². The number of halogens is 3.